The second-order valence-corrected chi connectivity index (χ2v) is 8.49. The van der Waals surface area contributed by atoms with Gasteiger partial charge in [-0.25, -0.2) is 4.98 Å². The van der Waals surface area contributed by atoms with E-state index in [-0.39, 0.29) is 17.7 Å². The number of Topliss-reactive ketones (excluding diaryl/α,β-unsaturated/α-hetero) is 1. The Kier molecular flexibility index (Phi) is 6.03. The first-order valence-corrected chi connectivity index (χ1v) is 10.8. The second-order valence-electron chi connectivity index (χ2n) is 7.65. The van der Waals surface area contributed by atoms with E-state index in [1.54, 1.807) is 30.3 Å². The molecule has 0 spiro atoms. The molecule has 1 fully saturated rings. The summed E-state index contributed by atoms with van der Waals surface area (Å²) in [5.41, 5.74) is 3.56. The van der Waals surface area contributed by atoms with Crippen molar-refractivity contribution in [3.8, 4) is 0 Å². The van der Waals surface area contributed by atoms with Crippen molar-refractivity contribution in [1.29, 1.82) is 0 Å². The lowest BCUT2D eigenvalue weighted by molar-refractivity contribution is -0.120. The molecule has 6 nitrogen and oxygen atoms in total. The van der Waals surface area contributed by atoms with E-state index >= 15 is 0 Å². The first kappa shape index (κ1) is 21.4. The molecule has 160 valence electrons. The molecule has 2 N–H and O–H groups in total. The first-order chi connectivity index (χ1) is 14.8. The highest BCUT2D eigenvalue weighted by Crippen LogP contribution is 2.28. The van der Waals surface area contributed by atoms with Gasteiger partial charge in [0.1, 0.15) is 11.6 Å². The number of fused-ring (bicyclic) bond motifs is 1. The molecule has 31 heavy (non-hydrogen) atoms. The van der Waals surface area contributed by atoms with Crippen molar-refractivity contribution >= 4 is 51.6 Å². The Morgan fingerprint density at radius 3 is 2.65 bits per heavy atom. The molecule has 0 radical (unpaired) electrons. The molecule has 1 aliphatic rings. The summed E-state index contributed by atoms with van der Waals surface area (Å²) in [6.45, 7) is 7.26. The fourth-order valence-electron chi connectivity index (χ4n) is 3.64. The first-order valence-electron chi connectivity index (χ1n) is 10.0. The molecule has 2 aromatic carbocycles. The number of piperidine rings is 1. The summed E-state index contributed by atoms with van der Waals surface area (Å²) < 4.78 is 0. The van der Waals surface area contributed by atoms with Gasteiger partial charge >= 0.3 is 0 Å². The predicted molar refractivity (Wildman–Crippen MR) is 123 cm³/mol. The zero-order chi connectivity index (χ0) is 22.1. The molecule has 0 saturated carbocycles. The van der Waals surface area contributed by atoms with Crippen LogP contribution < -0.4 is 5.32 Å². The predicted octanol–water partition coefficient (Wildman–Crippen LogP) is 5.00. The van der Waals surface area contributed by atoms with Crippen molar-refractivity contribution < 1.29 is 9.59 Å². The number of likely N-dealkylation sites (tertiary alicyclic amines) is 1. The lowest BCUT2D eigenvalue weighted by atomic mass is 10.0. The average Bonchev–Trinajstić information content (AvgIpc) is 3.17. The molecule has 0 bridgehead atoms. The number of ketones is 1. The van der Waals surface area contributed by atoms with Crippen LogP contribution in [0.5, 0.6) is 0 Å². The summed E-state index contributed by atoms with van der Waals surface area (Å²) in [5.74, 6) is 0.652. The minimum Gasteiger partial charge on any atom is -0.371 e. The minimum atomic E-state index is -0.335. The van der Waals surface area contributed by atoms with Crippen LogP contribution in [0.1, 0.15) is 47.6 Å². The van der Waals surface area contributed by atoms with Crippen LogP contribution in [0.4, 0.5) is 0 Å². The fourth-order valence-corrected chi connectivity index (χ4v) is 4.10. The van der Waals surface area contributed by atoms with Crippen molar-refractivity contribution in [2.24, 2.45) is 0 Å². The Morgan fingerprint density at radius 1 is 1.19 bits per heavy atom. The van der Waals surface area contributed by atoms with Crippen molar-refractivity contribution in [2.75, 3.05) is 13.1 Å². The lowest BCUT2D eigenvalue weighted by Crippen LogP contribution is -2.32. The van der Waals surface area contributed by atoms with Crippen LogP contribution in [0.2, 0.25) is 10.0 Å². The molecule has 1 atom stereocenters. The van der Waals surface area contributed by atoms with Gasteiger partial charge in [-0.2, -0.15) is 0 Å². The lowest BCUT2D eigenvalue weighted by Gasteiger charge is -2.30. The van der Waals surface area contributed by atoms with Crippen LogP contribution in [0.3, 0.4) is 0 Å². The minimum absolute atomic E-state index is 0.256. The molecule has 4 rings (SSSR count). The monoisotopic (exact) mass is 456 g/mol. The molecular formula is C23H22Cl2N4O2. The Balaban J connectivity index is 1.46. The van der Waals surface area contributed by atoms with Gasteiger partial charge < -0.3 is 15.2 Å². The topological polar surface area (TPSA) is 78.1 Å². The van der Waals surface area contributed by atoms with Crippen LogP contribution in [0.15, 0.2) is 43.0 Å². The second kappa shape index (κ2) is 8.73. The van der Waals surface area contributed by atoms with Gasteiger partial charge in [-0.1, -0.05) is 35.8 Å². The summed E-state index contributed by atoms with van der Waals surface area (Å²) >= 11 is 12.5. The summed E-state index contributed by atoms with van der Waals surface area (Å²) in [6, 6.07) is 10.2. The molecule has 1 amide bonds. The van der Waals surface area contributed by atoms with Crippen molar-refractivity contribution in [1.82, 2.24) is 20.2 Å². The van der Waals surface area contributed by atoms with E-state index in [2.05, 4.69) is 26.8 Å². The third kappa shape index (κ3) is 4.60. The Labute approximate surface area is 190 Å². The highest BCUT2D eigenvalue weighted by molar-refractivity contribution is 6.32. The zero-order valence-electron chi connectivity index (χ0n) is 17.0. The number of hydrogen-bond donors (Lipinski definition) is 2. The number of H-pyrrole nitrogens is 1. The van der Waals surface area contributed by atoms with Crippen molar-refractivity contribution in [3.05, 3.63) is 70.0 Å². The van der Waals surface area contributed by atoms with Gasteiger partial charge in [-0.15, -0.1) is 0 Å². The average molecular weight is 457 g/mol. The number of benzene rings is 2. The maximum absolute atomic E-state index is 12.8. The number of nitrogens with zero attached hydrogens (tertiary/aromatic N) is 2. The van der Waals surface area contributed by atoms with Gasteiger partial charge in [0, 0.05) is 47.8 Å². The third-order valence-corrected chi connectivity index (χ3v) is 6.01. The van der Waals surface area contributed by atoms with Crippen LogP contribution in [0, 0.1) is 0 Å². The zero-order valence-corrected chi connectivity index (χ0v) is 18.6. The maximum Gasteiger partial charge on any atom is 0.251 e. The van der Waals surface area contributed by atoms with Crippen LogP contribution in [0.25, 0.3) is 16.7 Å². The van der Waals surface area contributed by atoms with Crippen molar-refractivity contribution in [3.63, 3.8) is 0 Å². The molecule has 0 aliphatic carbocycles. The van der Waals surface area contributed by atoms with Gasteiger partial charge in [0.05, 0.1) is 22.1 Å². The largest absolute Gasteiger partial charge is 0.371 e. The summed E-state index contributed by atoms with van der Waals surface area (Å²) in [7, 11) is 0. The number of carbonyl (C=O) groups is 2. The number of aromatic nitrogens is 2. The Hall–Kier alpha value is -2.83. The molecule has 8 heteroatoms. The van der Waals surface area contributed by atoms with Crippen molar-refractivity contribution in [2.45, 2.75) is 25.8 Å². The van der Waals surface area contributed by atoms with E-state index in [1.165, 1.54) is 0 Å². The smallest absolute Gasteiger partial charge is 0.251 e. The number of imidazole rings is 1. The Morgan fingerprint density at radius 2 is 1.94 bits per heavy atom. The number of amides is 1. The standard InChI is InChI=1S/C23H22Cl2N4O2/c1-13(22-27-20-6-4-16(24)12-21(20)28-22)26-23(31)15-3-5-18(19(25)11-15)14(2)29-9-7-17(30)8-10-29/h3-6,11-13H,2,7-10H2,1H3,(H,26,31)(H,27,28). The van der Waals surface area contributed by atoms with E-state index in [4.69, 9.17) is 23.2 Å². The third-order valence-electron chi connectivity index (χ3n) is 5.47. The normalized spacial score (nSPS) is 15.2. The number of hydrogen-bond acceptors (Lipinski definition) is 4. The van der Waals surface area contributed by atoms with E-state index in [0.717, 1.165) is 22.3 Å². The fraction of sp³-hybridized carbons (Fsp3) is 0.261. The van der Waals surface area contributed by atoms with Gasteiger partial charge in [0.15, 0.2) is 0 Å². The molecular weight excluding hydrogens is 435 g/mol. The maximum atomic E-state index is 12.8. The Bertz CT molecular complexity index is 1180. The highest BCUT2D eigenvalue weighted by atomic mass is 35.5. The molecule has 3 aromatic rings. The van der Waals surface area contributed by atoms with Crippen LogP contribution in [-0.4, -0.2) is 39.6 Å². The highest BCUT2D eigenvalue weighted by Gasteiger charge is 2.21. The van der Waals surface area contributed by atoms with Crippen LogP contribution in [-0.2, 0) is 4.79 Å². The van der Waals surface area contributed by atoms with Gasteiger partial charge in [0.25, 0.3) is 5.91 Å². The number of carbonyl (C=O) groups excluding carboxylic acids is 2. The van der Waals surface area contributed by atoms with Gasteiger partial charge in [-0.05, 0) is 37.3 Å². The molecule has 1 aromatic heterocycles. The number of rotatable bonds is 5. The number of nitrogens with one attached hydrogen (secondary N) is 2. The molecule has 2 heterocycles. The summed E-state index contributed by atoms with van der Waals surface area (Å²) in [4.78, 5) is 34.0. The summed E-state index contributed by atoms with van der Waals surface area (Å²) in [5, 5.41) is 4.00. The van der Waals surface area contributed by atoms with E-state index in [9.17, 15) is 9.59 Å². The van der Waals surface area contributed by atoms with E-state index in [0.29, 0.717) is 47.4 Å². The van der Waals surface area contributed by atoms with Gasteiger partial charge in [-0.3, -0.25) is 9.59 Å². The quantitative estimate of drug-likeness (QED) is 0.566. The SMILES string of the molecule is C=C(c1ccc(C(=O)NC(C)c2nc3ccc(Cl)cc3[nH]2)cc1Cl)N1CCC(=O)CC1. The van der Waals surface area contributed by atoms with Crippen LogP contribution >= 0.6 is 23.2 Å². The molecule has 1 aliphatic heterocycles. The number of aromatic amines is 1. The summed E-state index contributed by atoms with van der Waals surface area (Å²) in [6.07, 6.45) is 1.03. The molecule has 1 saturated heterocycles. The van der Waals surface area contributed by atoms with E-state index < -0.39 is 0 Å². The van der Waals surface area contributed by atoms with E-state index in [1.807, 2.05) is 13.0 Å². The van der Waals surface area contributed by atoms with Gasteiger partial charge in [0.2, 0.25) is 0 Å². The molecule has 1 unspecified atom stereocenters. The number of halogens is 2.